The summed E-state index contributed by atoms with van der Waals surface area (Å²) in [5, 5.41) is 8.05. The molecule has 1 spiro atoms. The van der Waals surface area contributed by atoms with Gasteiger partial charge >= 0.3 is 0 Å². The van der Waals surface area contributed by atoms with Gasteiger partial charge in [-0.15, -0.1) is 0 Å². The molecule has 0 aliphatic carbocycles. The molecule has 2 fully saturated rings. The van der Waals surface area contributed by atoms with Crippen LogP contribution in [0.4, 0.5) is 0 Å². The van der Waals surface area contributed by atoms with E-state index in [1.54, 1.807) is 7.11 Å². The summed E-state index contributed by atoms with van der Waals surface area (Å²) in [6, 6.07) is 10.2. The number of nitrogens with zero attached hydrogens (tertiary/aromatic N) is 3. The Kier molecular flexibility index (Phi) is 3.83. The summed E-state index contributed by atoms with van der Waals surface area (Å²) < 4.78 is 7.50. The van der Waals surface area contributed by atoms with Crippen LogP contribution in [0.5, 0.6) is 5.75 Å². The van der Waals surface area contributed by atoms with Crippen LogP contribution in [-0.4, -0.2) is 48.0 Å². The van der Waals surface area contributed by atoms with Crippen LogP contribution >= 0.6 is 0 Å². The first-order valence-electron chi connectivity index (χ1n) is 8.39. The van der Waals surface area contributed by atoms with Crippen LogP contribution in [0.1, 0.15) is 18.5 Å². The molecule has 2 saturated heterocycles. The molecular formula is C18H24N4O. The summed E-state index contributed by atoms with van der Waals surface area (Å²) in [5.41, 5.74) is 2.74. The van der Waals surface area contributed by atoms with Crippen LogP contribution in [0, 0.1) is 5.41 Å². The number of rotatable bonds is 4. The molecule has 5 heteroatoms. The van der Waals surface area contributed by atoms with Crippen molar-refractivity contribution in [1.29, 1.82) is 0 Å². The lowest BCUT2D eigenvalue weighted by molar-refractivity contribution is 0.264. The first-order valence-corrected chi connectivity index (χ1v) is 8.39. The molecule has 2 aromatic rings. The number of hydrogen-bond donors (Lipinski definition) is 1. The minimum atomic E-state index is 0.509. The summed E-state index contributed by atoms with van der Waals surface area (Å²) in [4.78, 5) is 2.57. The number of methoxy groups -OCH3 is 1. The van der Waals surface area contributed by atoms with Gasteiger partial charge in [0.25, 0.3) is 0 Å². The van der Waals surface area contributed by atoms with Crippen molar-refractivity contribution in [2.24, 2.45) is 5.41 Å². The number of ether oxygens (including phenoxy) is 1. The van der Waals surface area contributed by atoms with E-state index < -0.39 is 0 Å². The first-order chi connectivity index (χ1) is 11.3. The van der Waals surface area contributed by atoms with Crippen molar-refractivity contribution in [3.63, 3.8) is 0 Å². The highest BCUT2D eigenvalue weighted by atomic mass is 16.5. The Morgan fingerprint density at radius 3 is 3.00 bits per heavy atom. The van der Waals surface area contributed by atoms with E-state index in [1.807, 2.05) is 29.1 Å². The molecule has 0 saturated carbocycles. The standard InChI is InChI=1S/C18H24N4O/c1-23-17-5-3-2-4-16(17)22-15(6-9-20-22)12-21-11-8-18(14-21)7-10-19-13-18/h2-6,9,19H,7-8,10-14H2,1H3. The fraction of sp³-hybridized carbons (Fsp3) is 0.500. The summed E-state index contributed by atoms with van der Waals surface area (Å²) in [6.45, 7) is 5.66. The van der Waals surface area contributed by atoms with Gasteiger partial charge in [0, 0.05) is 25.8 Å². The Bertz CT molecular complexity index is 675. The van der Waals surface area contributed by atoms with Gasteiger partial charge in [-0.3, -0.25) is 4.90 Å². The van der Waals surface area contributed by atoms with E-state index in [4.69, 9.17) is 4.74 Å². The smallest absolute Gasteiger partial charge is 0.144 e. The van der Waals surface area contributed by atoms with Crippen LogP contribution < -0.4 is 10.1 Å². The molecule has 1 aromatic carbocycles. The molecule has 3 heterocycles. The Hall–Kier alpha value is -1.85. The number of benzene rings is 1. The Balaban J connectivity index is 1.54. The van der Waals surface area contributed by atoms with Crippen molar-refractivity contribution >= 4 is 0 Å². The number of aromatic nitrogens is 2. The summed E-state index contributed by atoms with van der Waals surface area (Å²) in [7, 11) is 1.71. The summed E-state index contributed by atoms with van der Waals surface area (Å²) in [5.74, 6) is 0.857. The van der Waals surface area contributed by atoms with Crippen LogP contribution in [0.3, 0.4) is 0 Å². The SMILES string of the molecule is COc1ccccc1-n1nccc1CN1CCC2(CCNC2)C1. The number of hydrogen-bond acceptors (Lipinski definition) is 4. The van der Waals surface area contributed by atoms with Crippen LogP contribution in [0.2, 0.25) is 0 Å². The predicted octanol–water partition coefficient (Wildman–Crippen LogP) is 2.07. The predicted molar refractivity (Wildman–Crippen MR) is 89.9 cm³/mol. The van der Waals surface area contributed by atoms with Gasteiger partial charge < -0.3 is 10.1 Å². The van der Waals surface area contributed by atoms with Crippen molar-refractivity contribution < 1.29 is 4.74 Å². The topological polar surface area (TPSA) is 42.3 Å². The van der Waals surface area contributed by atoms with Crippen molar-refractivity contribution in [1.82, 2.24) is 20.0 Å². The van der Waals surface area contributed by atoms with Crippen molar-refractivity contribution in [3.05, 3.63) is 42.2 Å². The molecule has 1 atom stereocenters. The quantitative estimate of drug-likeness (QED) is 0.938. The summed E-state index contributed by atoms with van der Waals surface area (Å²) >= 11 is 0. The van der Waals surface area contributed by atoms with E-state index in [0.29, 0.717) is 5.41 Å². The van der Waals surface area contributed by atoms with Gasteiger partial charge in [-0.25, -0.2) is 4.68 Å². The molecule has 1 aromatic heterocycles. The van der Waals surface area contributed by atoms with E-state index >= 15 is 0 Å². The third-order valence-corrected chi connectivity index (χ3v) is 5.27. The van der Waals surface area contributed by atoms with Gasteiger partial charge in [-0.1, -0.05) is 12.1 Å². The monoisotopic (exact) mass is 312 g/mol. The maximum atomic E-state index is 5.49. The van der Waals surface area contributed by atoms with Crippen molar-refractivity contribution in [3.8, 4) is 11.4 Å². The number of likely N-dealkylation sites (tertiary alicyclic amines) is 1. The fourth-order valence-corrected chi connectivity index (χ4v) is 4.01. The highest BCUT2D eigenvalue weighted by Crippen LogP contribution is 2.36. The molecule has 122 valence electrons. The number of nitrogens with one attached hydrogen (secondary N) is 1. The first kappa shape index (κ1) is 14.7. The van der Waals surface area contributed by atoms with Gasteiger partial charge in [0.15, 0.2) is 0 Å². The van der Waals surface area contributed by atoms with Gasteiger partial charge in [0.2, 0.25) is 0 Å². The zero-order valence-electron chi connectivity index (χ0n) is 13.7. The third-order valence-electron chi connectivity index (χ3n) is 5.27. The van der Waals surface area contributed by atoms with Gasteiger partial charge in [0.05, 0.1) is 12.8 Å². The molecule has 0 amide bonds. The fourth-order valence-electron chi connectivity index (χ4n) is 4.01. The normalized spacial score (nSPS) is 24.6. The van der Waals surface area contributed by atoms with Crippen LogP contribution in [0.15, 0.2) is 36.5 Å². The van der Waals surface area contributed by atoms with Gasteiger partial charge in [-0.05, 0) is 49.5 Å². The maximum Gasteiger partial charge on any atom is 0.144 e. The third kappa shape index (κ3) is 2.75. The molecule has 23 heavy (non-hydrogen) atoms. The van der Waals surface area contributed by atoms with Gasteiger partial charge in [0.1, 0.15) is 11.4 Å². The average Bonchev–Trinajstić information content (AvgIpc) is 3.31. The molecule has 2 aliphatic heterocycles. The second kappa shape index (κ2) is 5.98. The largest absolute Gasteiger partial charge is 0.494 e. The van der Waals surface area contributed by atoms with E-state index in [2.05, 4.69) is 27.4 Å². The average molecular weight is 312 g/mol. The van der Waals surface area contributed by atoms with Gasteiger partial charge in [-0.2, -0.15) is 5.10 Å². The maximum absolute atomic E-state index is 5.49. The lowest BCUT2D eigenvalue weighted by atomic mass is 9.87. The molecule has 4 rings (SSSR count). The molecule has 1 unspecified atom stereocenters. The Labute approximate surface area is 137 Å². The van der Waals surface area contributed by atoms with Crippen molar-refractivity contribution in [2.45, 2.75) is 19.4 Å². The molecular weight excluding hydrogens is 288 g/mol. The van der Waals surface area contributed by atoms with Crippen LogP contribution in [0.25, 0.3) is 5.69 Å². The molecule has 2 aliphatic rings. The molecule has 0 bridgehead atoms. The highest BCUT2D eigenvalue weighted by molar-refractivity contribution is 5.46. The minimum Gasteiger partial charge on any atom is -0.494 e. The zero-order valence-corrected chi connectivity index (χ0v) is 13.7. The molecule has 5 nitrogen and oxygen atoms in total. The lowest BCUT2D eigenvalue weighted by Gasteiger charge is -2.23. The Morgan fingerprint density at radius 2 is 2.17 bits per heavy atom. The van der Waals surface area contributed by atoms with Crippen molar-refractivity contribution in [2.75, 3.05) is 33.3 Å². The molecule has 1 N–H and O–H groups in total. The molecule has 0 radical (unpaired) electrons. The minimum absolute atomic E-state index is 0.509. The second-order valence-electron chi connectivity index (χ2n) is 6.79. The van der Waals surface area contributed by atoms with Crippen LogP contribution in [-0.2, 0) is 6.54 Å². The Morgan fingerprint density at radius 1 is 1.26 bits per heavy atom. The lowest BCUT2D eigenvalue weighted by Crippen LogP contribution is -2.29. The van der Waals surface area contributed by atoms with E-state index in [9.17, 15) is 0 Å². The number of para-hydroxylation sites is 2. The summed E-state index contributed by atoms with van der Waals surface area (Å²) in [6.07, 6.45) is 4.50. The highest BCUT2D eigenvalue weighted by Gasteiger charge is 2.40. The zero-order chi connectivity index (χ0) is 15.7. The second-order valence-corrected chi connectivity index (χ2v) is 6.79. The van der Waals surface area contributed by atoms with E-state index in [-0.39, 0.29) is 0 Å². The van der Waals surface area contributed by atoms with E-state index in [1.165, 1.54) is 44.7 Å². The van der Waals surface area contributed by atoms with E-state index in [0.717, 1.165) is 18.0 Å².